The molecular weight excluding hydrogens is 144 g/mol. The van der Waals surface area contributed by atoms with Crippen molar-refractivity contribution in [2.45, 2.75) is 0 Å². The van der Waals surface area contributed by atoms with Crippen LogP contribution in [-0.4, -0.2) is 34.9 Å². The lowest BCUT2D eigenvalue weighted by atomic mass is 10.9. The third-order valence-corrected chi connectivity index (χ3v) is 1.41. The third-order valence-electron chi connectivity index (χ3n) is 0.471. The lowest BCUT2D eigenvalue weighted by Gasteiger charge is -1.90. The molecule has 8 heavy (non-hydrogen) atoms. The van der Waals surface area contributed by atoms with Crippen LogP contribution in [0.4, 0.5) is 0 Å². The van der Waals surface area contributed by atoms with Crippen LogP contribution in [0.25, 0.3) is 0 Å². The molecule has 0 aromatic carbocycles. The molecule has 4 heteroatoms. The number of hydrogen-bond donors (Lipinski definition) is 2. The van der Waals surface area contributed by atoms with E-state index in [0.29, 0.717) is 0 Å². The minimum atomic E-state index is 0. The van der Waals surface area contributed by atoms with Crippen molar-refractivity contribution in [3.05, 3.63) is 0 Å². The Kier molecular flexibility index (Phi) is 15.1. The van der Waals surface area contributed by atoms with Gasteiger partial charge in [-0.15, -0.1) is 0 Å². The number of thioether (sulfide) groups is 1. The summed E-state index contributed by atoms with van der Waals surface area (Å²) in [5.74, 6) is 1.47. The average Bonchev–Trinajstić information content (AvgIpc) is 1.69. The molecule has 0 bridgehead atoms. The molecule has 0 heterocycles. The van der Waals surface area contributed by atoms with Crippen LogP contribution in [0.2, 0.25) is 0 Å². The standard InChI is InChI=1S/C4H10O2S.H2S/c5-1-3-7-4-2-6;/h5-6H,1-4H2;1H2. The van der Waals surface area contributed by atoms with Gasteiger partial charge in [0, 0.05) is 11.5 Å². The first-order valence-electron chi connectivity index (χ1n) is 2.21. The monoisotopic (exact) mass is 156 g/mol. The van der Waals surface area contributed by atoms with E-state index in [4.69, 9.17) is 10.2 Å². The van der Waals surface area contributed by atoms with Crippen LogP contribution in [0.1, 0.15) is 0 Å². The van der Waals surface area contributed by atoms with E-state index in [1.165, 1.54) is 0 Å². The van der Waals surface area contributed by atoms with Crippen LogP contribution in [0.3, 0.4) is 0 Å². The van der Waals surface area contributed by atoms with Crippen LogP contribution in [0, 0.1) is 0 Å². The van der Waals surface area contributed by atoms with Gasteiger partial charge < -0.3 is 10.2 Å². The molecule has 0 fully saturated rings. The molecule has 0 aliphatic heterocycles. The van der Waals surface area contributed by atoms with Gasteiger partial charge in [-0.2, -0.15) is 25.3 Å². The summed E-state index contributed by atoms with van der Waals surface area (Å²) in [7, 11) is 0. The predicted octanol–water partition coefficient (Wildman–Crippen LogP) is -0.183. The quantitative estimate of drug-likeness (QED) is 0.555. The van der Waals surface area contributed by atoms with Crippen molar-refractivity contribution in [2.75, 3.05) is 24.7 Å². The molecule has 0 rings (SSSR count). The molecule has 0 saturated heterocycles. The van der Waals surface area contributed by atoms with Gasteiger partial charge in [0.2, 0.25) is 0 Å². The smallest absolute Gasteiger partial charge is 0.0521 e. The fourth-order valence-corrected chi connectivity index (χ4v) is 0.693. The van der Waals surface area contributed by atoms with Crippen LogP contribution >= 0.6 is 25.3 Å². The largest absolute Gasteiger partial charge is 0.396 e. The summed E-state index contributed by atoms with van der Waals surface area (Å²) in [6.07, 6.45) is 0. The number of rotatable bonds is 4. The van der Waals surface area contributed by atoms with Crippen LogP contribution in [0.15, 0.2) is 0 Å². The third kappa shape index (κ3) is 9.80. The Balaban J connectivity index is 0. The molecule has 0 aliphatic rings. The molecule has 0 saturated carbocycles. The van der Waals surface area contributed by atoms with E-state index < -0.39 is 0 Å². The maximum atomic E-state index is 8.19. The second kappa shape index (κ2) is 10.6. The number of aliphatic hydroxyl groups is 2. The molecular formula is C4H12O2S2. The summed E-state index contributed by atoms with van der Waals surface area (Å²) in [6, 6.07) is 0. The zero-order valence-electron chi connectivity index (χ0n) is 4.63. The summed E-state index contributed by atoms with van der Waals surface area (Å²) in [5, 5.41) is 16.4. The molecule has 0 atom stereocenters. The van der Waals surface area contributed by atoms with Gasteiger partial charge in [-0.3, -0.25) is 0 Å². The van der Waals surface area contributed by atoms with E-state index in [1.807, 2.05) is 0 Å². The van der Waals surface area contributed by atoms with E-state index in [1.54, 1.807) is 11.8 Å². The van der Waals surface area contributed by atoms with Gasteiger partial charge in [-0.1, -0.05) is 0 Å². The molecule has 2 N–H and O–H groups in total. The molecule has 0 amide bonds. The zero-order chi connectivity index (χ0) is 5.54. The maximum absolute atomic E-state index is 8.19. The lowest BCUT2D eigenvalue weighted by molar-refractivity contribution is 0.318. The Hall–Kier alpha value is 0.620. The van der Waals surface area contributed by atoms with Crippen LogP contribution in [-0.2, 0) is 0 Å². The van der Waals surface area contributed by atoms with Crippen molar-refractivity contribution in [1.82, 2.24) is 0 Å². The summed E-state index contributed by atoms with van der Waals surface area (Å²) in [6.45, 7) is 0.426. The minimum absolute atomic E-state index is 0. The Morgan fingerprint density at radius 3 is 1.62 bits per heavy atom. The summed E-state index contributed by atoms with van der Waals surface area (Å²) in [4.78, 5) is 0. The molecule has 0 spiro atoms. The molecule has 0 aliphatic carbocycles. The molecule has 0 unspecified atom stereocenters. The van der Waals surface area contributed by atoms with E-state index >= 15 is 0 Å². The van der Waals surface area contributed by atoms with Gasteiger partial charge in [0.15, 0.2) is 0 Å². The van der Waals surface area contributed by atoms with Crippen molar-refractivity contribution >= 4 is 25.3 Å². The highest BCUT2D eigenvalue weighted by Gasteiger charge is 1.81. The Morgan fingerprint density at radius 2 is 1.38 bits per heavy atom. The van der Waals surface area contributed by atoms with E-state index in [2.05, 4.69) is 0 Å². The van der Waals surface area contributed by atoms with Crippen molar-refractivity contribution in [3.63, 3.8) is 0 Å². The molecule has 0 aromatic rings. The molecule has 0 aromatic heterocycles. The summed E-state index contributed by atoms with van der Waals surface area (Å²) >= 11 is 1.55. The van der Waals surface area contributed by atoms with Crippen molar-refractivity contribution in [1.29, 1.82) is 0 Å². The van der Waals surface area contributed by atoms with E-state index in [0.717, 1.165) is 11.5 Å². The molecule has 0 radical (unpaired) electrons. The SMILES string of the molecule is OCCSCCO.S. The Morgan fingerprint density at radius 1 is 1.00 bits per heavy atom. The van der Waals surface area contributed by atoms with Gasteiger partial charge in [-0.25, -0.2) is 0 Å². The van der Waals surface area contributed by atoms with Gasteiger partial charge in [0.1, 0.15) is 0 Å². The van der Waals surface area contributed by atoms with E-state index in [-0.39, 0.29) is 26.7 Å². The van der Waals surface area contributed by atoms with Gasteiger partial charge in [0.05, 0.1) is 13.2 Å². The second-order valence-corrected chi connectivity index (χ2v) is 2.28. The molecule has 52 valence electrons. The fraction of sp³-hybridized carbons (Fsp3) is 1.00. The second-order valence-electron chi connectivity index (χ2n) is 1.06. The maximum Gasteiger partial charge on any atom is 0.0521 e. The van der Waals surface area contributed by atoms with Gasteiger partial charge >= 0.3 is 0 Å². The Bertz CT molecular complexity index is 31.2. The predicted molar refractivity (Wildman–Crippen MR) is 41.9 cm³/mol. The number of hydrogen-bond acceptors (Lipinski definition) is 3. The van der Waals surface area contributed by atoms with Crippen molar-refractivity contribution < 1.29 is 10.2 Å². The first-order chi connectivity index (χ1) is 3.41. The molecule has 2 nitrogen and oxygen atoms in total. The number of aliphatic hydroxyl groups excluding tert-OH is 2. The van der Waals surface area contributed by atoms with Gasteiger partial charge in [-0.05, 0) is 0 Å². The fourth-order valence-electron chi connectivity index (χ4n) is 0.231. The first kappa shape index (κ1) is 11.4. The topological polar surface area (TPSA) is 40.5 Å². The highest BCUT2D eigenvalue weighted by Crippen LogP contribution is 1.94. The van der Waals surface area contributed by atoms with Crippen LogP contribution in [0.5, 0.6) is 0 Å². The first-order valence-corrected chi connectivity index (χ1v) is 3.36. The van der Waals surface area contributed by atoms with E-state index in [9.17, 15) is 0 Å². The minimum Gasteiger partial charge on any atom is -0.396 e. The summed E-state index contributed by atoms with van der Waals surface area (Å²) in [5.41, 5.74) is 0. The lowest BCUT2D eigenvalue weighted by Crippen LogP contribution is -1.91. The highest BCUT2D eigenvalue weighted by molar-refractivity contribution is 7.99. The van der Waals surface area contributed by atoms with Crippen molar-refractivity contribution in [2.24, 2.45) is 0 Å². The normalized spacial score (nSPS) is 8.25. The average molecular weight is 156 g/mol. The highest BCUT2D eigenvalue weighted by atomic mass is 32.2. The summed E-state index contributed by atoms with van der Waals surface area (Å²) < 4.78 is 0. The van der Waals surface area contributed by atoms with Crippen molar-refractivity contribution in [3.8, 4) is 0 Å². The van der Waals surface area contributed by atoms with Crippen LogP contribution < -0.4 is 0 Å². The zero-order valence-corrected chi connectivity index (χ0v) is 6.45. The Labute approximate surface area is 60.7 Å². The van der Waals surface area contributed by atoms with Gasteiger partial charge in [0.25, 0.3) is 0 Å².